The molecule has 0 spiro atoms. The second kappa shape index (κ2) is 5.87. The van der Waals surface area contributed by atoms with E-state index in [9.17, 15) is 0 Å². The predicted octanol–water partition coefficient (Wildman–Crippen LogP) is 3.96. The highest BCUT2D eigenvalue weighted by molar-refractivity contribution is 7.04. The van der Waals surface area contributed by atoms with Crippen molar-refractivity contribution in [1.29, 1.82) is 0 Å². The maximum Gasteiger partial charge on any atom is 0.414 e. The average Bonchev–Trinajstić information content (AvgIpc) is 2.83. The molecule has 2 fully saturated rings. The van der Waals surface area contributed by atoms with Gasteiger partial charge in [-0.25, -0.2) is 0 Å². The molecule has 0 atom stereocenters. The second-order valence-corrected chi connectivity index (χ2v) is 8.55. The summed E-state index contributed by atoms with van der Waals surface area (Å²) in [6, 6.07) is 1.46. The minimum absolute atomic E-state index is 0.731. The van der Waals surface area contributed by atoms with Gasteiger partial charge in [-0.1, -0.05) is 38.5 Å². The van der Waals surface area contributed by atoms with Gasteiger partial charge < -0.3 is 9.13 Å². The minimum atomic E-state index is -1.00. The van der Waals surface area contributed by atoms with Crippen LogP contribution >= 0.6 is 11.1 Å². The van der Waals surface area contributed by atoms with E-state index in [4.69, 9.17) is 11.1 Å². The molecule has 1 heterocycles. The summed E-state index contributed by atoms with van der Waals surface area (Å²) in [5.74, 6) is 0. The summed E-state index contributed by atoms with van der Waals surface area (Å²) in [6.45, 7) is 0. The van der Waals surface area contributed by atoms with E-state index in [1.807, 2.05) is 0 Å². The molecule has 101 valence electrons. The summed E-state index contributed by atoms with van der Waals surface area (Å²) in [6.07, 6.45) is 18.4. The van der Waals surface area contributed by atoms with E-state index >= 15 is 0 Å². The number of hydrogen-bond acceptors (Lipinski definition) is 2. The molecular formula is C14H24ClN2Si. The Morgan fingerprint density at radius 2 is 1.11 bits per heavy atom. The van der Waals surface area contributed by atoms with Crippen molar-refractivity contribution in [2.45, 2.75) is 76.3 Å². The van der Waals surface area contributed by atoms with Crippen LogP contribution in [0.2, 0.25) is 0 Å². The van der Waals surface area contributed by atoms with Crippen LogP contribution < -0.4 is 0 Å². The zero-order valence-electron chi connectivity index (χ0n) is 11.2. The molecule has 2 aliphatic carbocycles. The van der Waals surface area contributed by atoms with Crippen molar-refractivity contribution in [3.63, 3.8) is 0 Å². The second-order valence-electron chi connectivity index (χ2n) is 5.97. The van der Waals surface area contributed by atoms with Crippen LogP contribution in [0.1, 0.15) is 64.2 Å². The first-order valence-corrected chi connectivity index (χ1v) is 10.0. The lowest BCUT2D eigenvalue weighted by Gasteiger charge is -2.38. The zero-order valence-corrected chi connectivity index (χ0v) is 12.9. The highest BCUT2D eigenvalue weighted by atomic mass is 35.6. The van der Waals surface area contributed by atoms with Gasteiger partial charge in [0.25, 0.3) is 0 Å². The molecule has 0 bridgehead atoms. The highest BCUT2D eigenvalue weighted by Crippen LogP contribution is 2.32. The Kier molecular flexibility index (Phi) is 4.19. The average molecular weight is 284 g/mol. The Labute approximate surface area is 117 Å². The van der Waals surface area contributed by atoms with Gasteiger partial charge in [0.2, 0.25) is 0 Å². The maximum atomic E-state index is 6.80. The smallest absolute Gasteiger partial charge is 0.370 e. The van der Waals surface area contributed by atoms with Gasteiger partial charge >= 0.3 is 8.43 Å². The van der Waals surface area contributed by atoms with E-state index in [1.54, 1.807) is 0 Å². The first kappa shape index (κ1) is 12.9. The Morgan fingerprint density at radius 3 is 1.50 bits per heavy atom. The normalized spacial score (nSPS) is 28.3. The zero-order chi connectivity index (χ0) is 12.4. The summed E-state index contributed by atoms with van der Waals surface area (Å²) in [4.78, 5) is 0. The number of nitrogens with zero attached hydrogens (tertiary/aromatic N) is 2. The third-order valence-corrected chi connectivity index (χ3v) is 7.80. The summed E-state index contributed by atoms with van der Waals surface area (Å²) in [7, 11) is -1.00. The van der Waals surface area contributed by atoms with Crippen molar-refractivity contribution in [2.75, 3.05) is 0 Å². The van der Waals surface area contributed by atoms with E-state index < -0.39 is 8.43 Å². The molecule has 18 heavy (non-hydrogen) atoms. The molecule has 0 N–H and O–H groups in total. The topological polar surface area (TPSA) is 6.48 Å². The molecule has 0 aromatic heterocycles. The minimum Gasteiger partial charge on any atom is -0.370 e. The van der Waals surface area contributed by atoms with Crippen LogP contribution in [0.15, 0.2) is 12.4 Å². The molecule has 0 saturated heterocycles. The Bertz CT molecular complexity index is 270. The molecular weight excluding hydrogens is 260 g/mol. The molecule has 0 aromatic carbocycles. The molecule has 3 aliphatic rings. The van der Waals surface area contributed by atoms with Gasteiger partial charge in [-0.3, -0.25) is 0 Å². The van der Waals surface area contributed by atoms with Gasteiger partial charge in [-0.2, -0.15) is 0 Å². The maximum absolute atomic E-state index is 6.80. The van der Waals surface area contributed by atoms with E-state index in [0.29, 0.717) is 0 Å². The van der Waals surface area contributed by atoms with Crippen LogP contribution in [0.3, 0.4) is 0 Å². The largest absolute Gasteiger partial charge is 0.414 e. The molecule has 1 radical (unpaired) electrons. The van der Waals surface area contributed by atoms with Crippen molar-refractivity contribution < 1.29 is 0 Å². The van der Waals surface area contributed by atoms with Crippen molar-refractivity contribution in [1.82, 2.24) is 9.13 Å². The fourth-order valence-electron chi connectivity index (χ4n) is 3.66. The van der Waals surface area contributed by atoms with Gasteiger partial charge in [0.15, 0.2) is 0 Å². The first-order valence-electron chi connectivity index (χ1n) is 7.64. The van der Waals surface area contributed by atoms with Gasteiger partial charge in [0.1, 0.15) is 0 Å². The van der Waals surface area contributed by atoms with Crippen LogP contribution in [-0.4, -0.2) is 29.6 Å². The molecule has 0 amide bonds. The first-order chi connectivity index (χ1) is 8.86. The van der Waals surface area contributed by atoms with E-state index in [2.05, 4.69) is 21.5 Å². The number of halogens is 1. The van der Waals surface area contributed by atoms with Gasteiger partial charge in [-0.15, -0.1) is 11.1 Å². The Morgan fingerprint density at radius 1 is 0.722 bits per heavy atom. The molecule has 0 aromatic rings. The number of rotatable bonds is 2. The lowest BCUT2D eigenvalue weighted by atomic mass is 9.95. The molecule has 4 heteroatoms. The fourth-order valence-corrected chi connectivity index (χ4v) is 6.59. The van der Waals surface area contributed by atoms with Crippen molar-refractivity contribution >= 4 is 19.5 Å². The van der Waals surface area contributed by atoms with E-state index in [-0.39, 0.29) is 0 Å². The third-order valence-electron chi connectivity index (χ3n) is 4.75. The molecule has 2 nitrogen and oxygen atoms in total. The van der Waals surface area contributed by atoms with E-state index in [1.165, 1.54) is 64.2 Å². The fraction of sp³-hybridized carbons (Fsp3) is 0.857. The van der Waals surface area contributed by atoms with Gasteiger partial charge in [0, 0.05) is 24.5 Å². The van der Waals surface area contributed by atoms with Crippen molar-refractivity contribution in [3.05, 3.63) is 12.4 Å². The van der Waals surface area contributed by atoms with Crippen LogP contribution in [0, 0.1) is 0 Å². The van der Waals surface area contributed by atoms with Crippen molar-refractivity contribution in [3.8, 4) is 0 Å². The lowest BCUT2D eigenvalue weighted by molar-refractivity contribution is 0.284. The van der Waals surface area contributed by atoms with Gasteiger partial charge in [-0.05, 0) is 25.7 Å². The molecule has 3 rings (SSSR count). The quantitative estimate of drug-likeness (QED) is 0.559. The molecule has 2 saturated carbocycles. The van der Waals surface area contributed by atoms with Crippen LogP contribution in [0.4, 0.5) is 0 Å². The summed E-state index contributed by atoms with van der Waals surface area (Å²) >= 11 is 6.80. The van der Waals surface area contributed by atoms with E-state index in [0.717, 1.165) is 12.1 Å². The summed E-state index contributed by atoms with van der Waals surface area (Å²) in [5, 5.41) is 0. The van der Waals surface area contributed by atoms with Crippen LogP contribution in [-0.2, 0) is 0 Å². The Hall–Kier alpha value is -0.153. The van der Waals surface area contributed by atoms with Crippen LogP contribution in [0.5, 0.6) is 0 Å². The standard InChI is InChI=1S/C14H24ClN2Si/c15-18-16(13-7-3-1-4-8-13)11-12-17(18)14-9-5-2-6-10-14/h11-14H,1-10H2. The summed E-state index contributed by atoms with van der Waals surface area (Å²) in [5.41, 5.74) is 0. The monoisotopic (exact) mass is 283 g/mol. The number of hydrogen-bond donors (Lipinski definition) is 0. The SMILES string of the molecule is Cl[Si]1N(C2CCCCC2)C=CN1C1CCCCC1. The highest BCUT2D eigenvalue weighted by Gasteiger charge is 2.37. The molecule has 1 aliphatic heterocycles. The predicted molar refractivity (Wildman–Crippen MR) is 78.2 cm³/mol. The van der Waals surface area contributed by atoms with Crippen molar-refractivity contribution in [2.24, 2.45) is 0 Å². The third kappa shape index (κ3) is 2.57. The van der Waals surface area contributed by atoms with Crippen LogP contribution in [0.25, 0.3) is 0 Å². The lowest BCUT2D eigenvalue weighted by Crippen LogP contribution is -2.49. The van der Waals surface area contributed by atoms with Gasteiger partial charge in [0.05, 0.1) is 0 Å². The summed E-state index contributed by atoms with van der Waals surface area (Å²) < 4.78 is 5.03. The molecule has 0 unspecified atom stereocenters. The Balaban J connectivity index is 1.61.